The number of carbonyl (C=O) groups is 1. The van der Waals surface area contributed by atoms with E-state index in [0.717, 1.165) is 5.56 Å². The van der Waals surface area contributed by atoms with Crippen molar-refractivity contribution >= 4 is 24.2 Å². The van der Waals surface area contributed by atoms with Crippen LogP contribution in [0.1, 0.15) is 42.0 Å². The van der Waals surface area contributed by atoms with Crippen LogP contribution in [-0.2, 0) is 16.0 Å². The molecular formula is C21H20N2O3. The zero-order valence-corrected chi connectivity index (χ0v) is 14.8. The molecule has 2 atom stereocenters. The Kier molecular flexibility index (Phi) is 3.87. The van der Waals surface area contributed by atoms with E-state index in [1.165, 1.54) is 7.11 Å². The quantitative estimate of drug-likeness (QED) is 0.797. The smallest absolute Gasteiger partial charge is 0.317 e. The van der Waals surface area contributed by atoms with Crippen molar-refractivity contribution in [1.29, 1.82) is 0 Å². The second kappa shape index (κ2) is 6.09. The van der Waals surface area contributed by atoms with E-state index in [9.17, 15) is 9.59 Å². The largest absolute Gasteiger partial charge is 0.468 e. The monoisotopic (exact) mass is 348 g/mol. The maximum atomic E-state index is 13.1. The Labute approximate surface area is 151 Å². The molecule has 1 aromatic heterocycles. The summed E-state index contributed by atoms with van der Waals surface area (Å²) in [5, 5.41) is 0. The summed E-state index contributed by atoms with van der Waals surface area (Å²) < 4.78 is 6.58. The van der Waals surface area contributed by atoms with E-state index in [2.05, 4.69) is 0 Å². The van der Waals surface area contributed by atoms with Crippen LogP contribution in [0.4, 0.5) is 0 Å². The van der Waals surface area contributed by atoms with Crippen LogP contribution in [0.3, 0.4) is 0 Å². The van der Waals surface area contributed by atoms with Crippen molar-refractivity contribution in [3.8, 4) is 0 Å². The van der Waals surface area contributed by atoms with Gasteiger partial charge in [-0.2, -0.15) is 0 Å². The van der Waals surface area contributed by atoms with Crippen LogP contribution >= 0.6 is 0 Å². The molecule has 1 fully saturated rings. The molecule has 0 saturated heterocycles. The van der Waals surface area contributed by atoms with Gasteiger partial charge < -0.3 is 4.74 Å². The first-order valence-corrected chi connectivity index (χ1v) is 8.77. The zero-order chi connectivity index (χ0) is 18.3. The minimum Gasteiger partial charge on any atom is -0.468 e. The van der Waals surface area contributed by atoms with Gasteiger partial charge in [0.05, 0.1) is 18.8 Å². The molecule has 2 heterocycles. The van der Waals surface area contributed by atoms with Crippen molar-refractivity contribution in [2.75, 3.05) is 7.11 Å². The van der Waals surface area contributed by atoms with Crippen molar-refractivity contribution in [2.45, 2.75) is 25.8 Å². The first kappa shape index (κ1) is 16.5. The van der Waals surface area contributed by atoms with Crippen molar-refractivity contribution in [3.05, 3.63) is 69.4 Å². The van der Waals surface area contributed by atoms with Gasteiger partial charge in [0.15, 0.2) is 0 Å². The molecule has 2 aliphatic rings. The lowest BCUT2D eigenvalue weighted by molar-refractivity contribution is -0.145. The Balaban J connectivity index is 1.77. The van der Waals surface area contributed by atoms with Crippen molar-refractivity contribution in [3.63, 3.8) is 0 Å². The molecule has 5 nitrogen and oxygen atoms in total. The molecule has 4 rings (SSSR count). The van der Waals surface area contributed by atoms with E-state index in [-0.39, 0.29) is 17.6 Å². The molecule has 1 aliphatic carbocycles. The van der Waals surface area contributed by atoms with E-state index in [1.807, 2.05) is 55.5 Å². The number of ether oxygens (including phenoxy) is 1. The van der Waals surface area contributed by atoms with Gasteiger partial charge in [-0.05, 0) is 30.6 Å². The van der Waals surface area contributed by atoms with Crippen LogP contribution < -0.4 is 5.56 Å². The van der Waals surface area contributed by atoms with Gasteiger partial charge in [0.2, 0.25) is 0 Å². The number of fused-ring (bicyclic) bond motifs is 3. The van der Waals surface area contributed by atoms with Gasteiger partial charge in [-0.15, -0.1) is 0 Å². The predicted molar refractivity (Wildman–Crippen MR) is 100 cm³/mol. The Morgan fingerprint density at radius 2 is 2.12 bits per heavy atom. The van der Waals surface area contributed by atoms with E-state index < -0.39 is 5.41 Å². The molecule has 26 heavy (non-hydrogen) atoms. The molecular weight excluding hydrogens is 328 g/mol. The van der Waals surface area contributed by atoms with Gasteiger partial charge in [0, 0.05) is 5.56 Å². The molecule has 0 amide bonds. The lowest BCUT2D eigenvalue weighted by Crippen LogP contribution is -2.32. The summed E-state index contributed by atoms with van der Waals surface area (Å²) in [7, 11) is 1.38. The number of aromatic nitrogens is 2. The maximum Gasteiger partial charge on any atom is 0.317 e. The van der Waals surface area contributed by atoms with Crippen LogP contribution in [0.15, 0.2) is 41.2 Å². The van der Waals surface area contributed by atoms with Gasteiger partial charge >= 0.3 is 5.97 Å². The molecule has 0 N–H and O–H groups in total. The third-order valence-corrected chi connectivity index (χ3v) is 5.23. The van der Waals surface area contributed by atoms with Gasteiger partial charge in [-0.1, -0.05) is 49.4 Å². The highest BCUT2D eigenvalue weighted by atomic mass is 16.5. The van der Waals surface area contributed by atoms with E-state index in [1.54, 1.807) is 10.6 Å². The highest BCUT2D eigenvalue weighted by Crippen LogP contribution is 2.60. The first-order valence-electron chi connectivity index (χ1n) is 8.77. The van der Waals surface area contributed by atoms with Crippen molar-refractivity contribution in [2.24, 2.45) is 5.41 Å². The predicted octanol–water partition coefficient (Wildman–Crippen LogP) is 3.11. The third-order valence-electron chi connectivity index (χ3n) is 5.23. The van der Waals surface area contributed by atoms with Gasteiger partial charge in [0.1, 0.15) is 11.2 Å². The number of benzene rings is 1. The van der Waals surface area contributed by atoms with Crippen molar-refractivity contribution < 1.29 is 9.53 Å². The first-order chi connectivity index (χ1) is 12.6. The Hall–Kier alpha value is -2.95. The van der Waals surface area contributed by atoms with Crippen LogP contribution in [0.5, 0.6) is 0 Å². The Morgan fingerprint density at radius 1 is 1.35 bits per heavy atom. The number of esters is 1. The molecule has 132 valence electrons. The summed E-state index contributed by atoms with van der Waals surface area (Å²) in [5.41, 5.74) is 1.65. The molecule has 1 aromatic carbocycles. The second-order valence-corrected chi connectivity index (χ2v) is 6.69. The number of methoxy groups -OCH3 is 1. The second-order valence-electron chi connectivity index (χ2n) is 6.69. The average Bonchev–Trinajstić information content (AvgIpc) is 3.42. The molecule has 2 unspecified atom stereocenters. The van der Waals surface area contributed by atoms with E-state index in [0.29, 0.717) is 29.9 Å². The molecule has 0 spiro atoms. The van der Waals surface area contributed by atoms with Crippen LogP contribution in [0, 0.1) is 5.41 Å². The Morgan fingerprint density at radius 3 is 2.81 bits per heavy atom. The molecule has 5 heteroatoms. The Bertz CT molecular complexity index is 988. The summed E-state index contributed by atoms with van der Waals surface area (Å²) in [5.74, 6) is 0.310. The standard InChI is InChI=1S/C21H20N2O3/c1-3-15-16(10-9-14-7-5-4-6-8-14)22-18-11-12-21(20(25)26-2)13-17(21)23(18)19(15)24/h4-12,17H,3,13H2,1-2H3/b10-9+. The minimum atomic E-state index is -0.695. The van der Waals surface area contributed by atoms with E-state index >= 15 is 0 Å². The average molecular weight is 348 g/mol. The third kappa shape index (κ3) is 2.43. The highest BCUT2D eigenvalue weighted by Gasteiger charge is 2.62. The number of hydrogen-bond donors (Lipinski definition) is 0. The van der Waals surface area contributed by atoms with Crippen LogP contribution in [0.25, 0.3) is 18.2 Å². The SMILES string of the molecule is CCc1c(/C=C/c2ccccc2)nc2n(c1=O)C1CC1(C(=O)OC)C=C2. The molecule has 1 saturated carbocycles. The normalized spacial score (nSPS) is 22.8. The molecule has 0 bridgehead atoms. The van der Waals surface area contributed by atoms with Crippen LogP contribution in [0.2, 0.25) is 0 Å². The zero-order valence-electron chi connectivity index (χ0n) is 14.8. The van der Waals surface area contributed by atoms with Crippen molar-refractivity contribution in [1.82, 2.24) is 9.55 Å². The summed E-state index contributed by atoms with van der Waals surface area (Å²) in [6, 6.07) is 9.72. The van der Waals surface area contributed by atoms with Crippen LogP contribution in [-0.4, -0.2) is 22.6 Å². The number of hydrogen-bond acceptors (Lipinski definition) is 4. The minimum absolute atomic E-state index is 0.0645. The molecule has 0 radical (unpaired) electrons. The van der Waals surface area contributed by atoms with Gasteiger partial charge in [-0.25, -0.2) is 4.98 Å². The fourth-order valence-corrected chi connectivity index (χ4v) is 3.69. The highest BCUT2D eigenvalue weighted by molar-refractivity contribution is 5.86. The maximum absolute atomic E-state index is 13.1. The number of carbonyl (C=O) groups excluding carboxylic acids is 1. The summed E-state index contributed by atoms with van der Waals surface area (Å²) in [6.45, 7) is 1.95. The van der Waals surface area contributed by atoms with E-state index in [4.69, 9.17) is 9.72 Å². The number of rotatable bonds is 4. The van der Waals surface area contributed by atoms with Gasteiger partial charge in [0.25, 0.3) is 5.56 Å². The number of nitrogens with zero attached hydrogens (tertiary/aromatic N) is 2. The molecule has 1 aliphatic heterocycles. The summed E-state index contributed by atoms with van der Waals surface area (Å²) in [4.78, 5) is 29.9. The fraction of sp³-hybridized carbons (Fsp3) is 0.286. The molecule has 2 aromatic rings. The van der Waals surface area contributed by atoms with Gasteiger partial charge in [-0.3, -0.25) is 14.2 Å². The lowest BCUT2D eigenvalue weighted by atomic mass is 10.0. The fourth-order valence-electron chi connectivity index (χ4n) is 3.69. The topological polar surface area (TPSA) is 61.2 Å². The summed E-state index contributed by atoms with van der Waals surface area (Å²) in [6.07, 6.45) is 8.62. The summed E-state index contributed by atoms with van der Waals surface area (Å²) >= 11 is 0. The lowest BCUT2D eigenvalue weighted by Gasteiger charge is -2.20.